The third-order valence-corrected chi connectivity index (χ3v) is 3.40. The van der Waals surface area contributed by atoms with Gasteiger partial charge in [0.1, 0.15) is 0 Å². The number of hydrogen-bond acceptors (Lipinski definition) is 2. The topological polar surface area (TPSA) is 30.2 Å². The van der Waals surface area contributed by atoms with Crippen molar-refractivity contribution >= 4 is 17.4 Å². The molecule has 3 heteroatoms. The average Bonchev–Trinajstić information content (AvgIpc) is 2.53. The number of hydrogen-bond donors (Lipinski definition) is 0. The van der Waals surface area contributed by atoms with E-state index in [1.54, 1.807) is 6.07 Å². The maximum atomic E-state index is 12.1. The maximum absolute atomic E-state index is 12.1. The van der Waals surface area contributed by atoms with Gasteiger partial charge in [-0.15, -0.1) is 0 Å². The minimum absolute atomic E-state index is 0.155. The molecule has 1 aromatic rings. The molecule has 0 bridgehead atoms. The van der Waals surface area contributed by atoms with Crippen molar-refractivity contribution in [3.63, 3.8) is 0 Å². The lowest BCUT2D eigenvalue weighted by molar-refractivity contribution is 0.0907. The van der Waals surface area contributed by atoms with Gasteiger partial charge in [0, 0.05) is 5.92 Å². The van der Waals surface area contributed by atoms with Gasteiger partial charge < -0.3 is 4.42 Å². The smallest absolute Gasteiger partial charge is 0.203 e. The van der Waals surface area contributed by atoms with E-state index in [9.17, 15) is 4.79 Å². The molecule has 0 radical (unpaired) electrons. The Labute approximate surface area is 94.6 Å². The summed E-state index contributed by atoms with van der Waals surface area (Å²) in [5, 5.41) is 0.240. The molecule has 1 aromatic heterocycles. The molecular formula is C12H15ClO2. The van der Waals surface area contributed by atoms with E-state index in [1.807, 2.05) is 0 Å². The summed E-state index contributed by atoms with van der Waals surface area (Å²) in [6, 6.07) is 1.68. The standard InChI is InChI=1S/C12H15ClO2/c13-12-10(7-8-15-12)11(14)9-5-3-1-2-4-6-9/h7-9H,1-6H2. The summed E-state index contributed by atoms with van der Waals surface area (Å²) in [6.45, 7) is 0. The van der Waals surface area contributed by atoms with Gasteiger partial charge in [0.2, 0.25) is 5.22 Å². The number of halogens is 1. The molecule has 0 unspecified atom stereocenters. The van der Waals surface area contributed by atoms with Crippen LogP contribution in [0.4, 0.5) is 0 Å². The average molecular weight is 227 g/mol. The van der Waals surface area contributed by atoms with Gasteiger partial charge >= 0.3 is 0 Å². The normalized spacial score (nSPS) is 18.7. The Kier molecular flexibility index (Phi) is 3.47. The molecular weight excluding hydrogens is 212 g/mol. The number of Topliss-reactive ketones (excluding diaryl/α,β-unsaturated/α-hetero) is 1. The first-order valence-electron chi connectivity index (χ1n) is 5.56. The third-order valence-electron chi connectivity index (χ3n) is 3.11. The number of furan rings is 1. The monoisotopic (exact) mass is 226 g/mol. The number of rotatable bonds is 2. The predicted octanol–water partition coefficient (Wildman–Crippen LogP) is 4.09. The van der Waals surface area contributed by atoms with Crippen molar-refractivity contribution in [2.45, 2.75) is 38.5 Å². The Bertz CT molecular complexity index is 335. The van der Waals surface area contributed by atoms with Gasteiger partial charge in [-0.05, 0) is 30.5 Å². The van der Waals surface area contributed by atoms with E-state index in [2.05, 4.69) is 0 Å². The Morgan fingerprint density at radius 2 is 1.93 bits per heavy atom. The lowest BCUT2D eigenvalue weighted by atomic mass is 9.92. The highest BCUT2D eigenvalue weighted by Gasteiger charge is 2.24. The lowest BCUT2D eigenvalue weighted by Gasteiger charge is -2.11. The molecule has 0 aromatic carbocycles. The largest absolute Gasteiger partial charge is 0.452 e. The van der Waals surface area contributed by atoms with Crippen LogP contribution in [0.25, 0.3) is 0 Å². The second-order valence-corrected chi connectivity index (χ2v) is 4.50. The van der Waals surface area contributed by atoms with E-state index in [0.717, 1.165) is 25.7 Å². The van der Waals surface area contributed by atoms with Gasteiger partial charge in [-0.1, -0.05) is 25.7 Å². The van der Waals surface area contributed by atoms with Crippen molar-refractivity contribution in [3.8, 4) is 0 Å². The highest BCUT2D eigenvalue weighted by molar-refractivity contribution is 6.32. The molecule has 82 valence electrons. The Morgan fingerprint density at radius 3 is 2.47 bits per heavy atom. The zero-order valence-electron chi connectivity index (χ0n) is 8.67. The fourth-order valence-electron chi connectivity index (χ4n) is 2.23. The minimum atomic E-state index is 0.155. The fraction of sp³-hybridized carbons (Fsp3) is 0.583. The number of ketones is 1. The van der Waals surface area contributed by atoms with E-state index in [-0.39, 0.29) is 16.9 Å². The van der Waals surface area contributed by atoms with Crippen LogP contribution in [0, 0.1) is 5.92 Å². The van der Waals surface area contributed by atoms with Crippen LogP contribution in [-0.4, -0.2) is 5.78 Å². The van der Waals surface area contributed by atoms with Gasteiger partial charge in [-0.3, -0.25) is 4.79 Å². The summed E-state index contributed by atoms with van der Waals surface area (Å²) >= 11 is 5.81. The third kappa shape index (κ3) is 2.43. The molecule has 0 atom stereocenters. The van der Waals surface area contributed by atoms with E-state index >= 15 is 0 Å². The van der Waals surface area contributed by atoms with E-state index < -0.39 is 0 Å². The fourth-order valence-corrected chi connectivity index (χ4v) is 2.44. The molecule has 0 spiro atoms. The second-order valence-electron chi connectivity index (χ2n) is 4.16. The van der Waals surface area contributed by atoms with Gasteiger partial charge in [0.05, 0.1) is 11.8 Å². The lowest BCUT2D eigenvalue weighted by Crippen LogP contribution is -2.13. The van der Waals surface area contributed by atoms with Crippen molar-refractivity contribution in [2.75, 3.05) is 0 Å². The second kappa shape index (κ2) is 4.84. The van der Waals surface area contributed by atoms with Crippen LogP contribution in [0.5, 0.6) is 0 Å². The molecule has 2 rings (SSSR count). The molecule has 1 heterocycles. The van der Waals surface area contributed by atoms with E-state index in [4.69, 9.17) is 16.0 Å². The first kappa shape index (κ1) is 10.7. The van der Waals surface area contributed by atoms with Crippen LogP contribution < -0.4 is 0 Å². The summed E-state index contributed by atoms with van der Waals surface area (Å²) in [5.74, 6) is 0.318. The zero-order valence-corrected chi connectivity index (χ0v) is 9.43. The summed E-state index contributed by atoms with van der Waals surface area (Å²) in [6.07, 6.45) is 8.30. The molecule has 0 N–H and O–H groups in total. The molecule has 0 aliphatic heterocycles. The van der Waals surface area contributed by atoms with Crippen molar-refractivity contribution in [2.24, 2.45) is 5.92 Å². The van der Waals surface area contributed by atoms with Gasteiger partial charge in [-0.25, -0.2) is 0 Å². The number of carbonyl (C=O) groups is 1. The summed E-state index contributed by atoms with van der Waals surface area (Å²) in [4.78, 5) is 12.1. The molecule has 0 saturated heterocycles. The molecule has 15 heavy (non-hydrogen) atoms. The highest BCUT2D eigenvalue weighted by Crippen LogP contribution is 2.28. The van der Waals surface area contributed by atoms with Crippen molar-refractivity contribution in [3.05, 3.63) is 23.1 Å². The van der Waals surface area contributed by atoms with E-state index in [1.165, 1.54) is 19.1 Å². The van der Waals surface area contributed by atoms with Crippen LogP contribution >= 0.6 is 11.6 Å². The Hall–Kier alpha value is -0.760. The summed E-state index contributed by atoms with van der Waals surface area (Å²) in [7, 11) is 0. The van der Waals surface area contributed by atoms with Gasteiger partial charge in [0.15, 0.2) is 5.78 Å². The van der Waals surface area contributed by atoms with Gasteiger partial charge in [-0.2, -0.15) is 0 Å². The van der Waals surface area contributed by atoms with Crippen LogP contribution in [0.1, 0.15) is 48.9 Å². The first-order valence-corrected chi connectivity index (χ1v) is 5.94. The first-order chi connectivity index (χ1) is 7.29. The van der Waals surface area contributed by atoms with Crippen LogP contribution in [0.15, 0.2) is 16.7 Å². The molecule has 2 nitrogen and oxygen atoms in total. The highest BCUT2D eigenvalue weighted by atomic mass is 35.5. The Balaban J connectivity index is 2.09. The molecule has 1 fully saturated rings. The molecule has 1 aliphatic rings. The summed E-state index contributed by atoms with van der Waals surface area (Å²) < 4.78 is 4.95. The quantitative estimate of drug-likeness (QED) is 0.562. The number of carbonyl (C=O) groups excluding carboxylic acids is 1. The predicted molar refractivity (Wildman–Crippen MR) is 59.2 cm³/mol. The van der Waals surface area contributed by atoms with Crippen molar-refractivity contribution in [1.82, 2.24) is 0 Å². The molecule has 1 aliphatic carbocycles. The van der Waals surface area contributed by atoms with E-state index in [0.29, 0.717) is 5.56 Å². The summed E-state index contributed by atoms with van der Waals surface area (Å²) in [5.41, 5.74) is 0.559. The van der Waals surface area contributed by atoms with Crippen molar-refractivity contribution in [1.29, 1.82) is 0 Å². The van der Waals surface area contributed by atoms with Crippen LogP contribution in [-0.2, 0) is 0 Å². The van der Waals surface area contributed by atoms with Crippen LogP contribution in [0.2, 0.25) is 5.22 Å². The Morgan fingerprint density at radius 1 is 1.27 bits per heavy atom. The SMILES string of the molecule is O=C(c1ccoc1Cl)C1CCCCCC1. The van der Waals surface area contributed by atoms with Crippen LogP contribution in [0.3, 0.4) is 0 Å². The zero-order chi connectivity index (χ0) is 10.7. The van der Waals surface area contributed by atoms with Gasteiger partial charge in [0.25, 0.3) is 0 Å². The van der Waals surface area contributed by atoms with Crippen molar-refractivity contribution < 1.29 is 9.21 Å². The molecule has 0 amide bonds. The maximum Gasteiger partial charge on any atom is 0.203 e. The molecule has 1 saturated carbocycles. The minimum Gasteiger partial charge on any atom is -0.452 e.